The molecule has 0 saturated heterocycles. The number of carbonyl (C=O) groups excluding carboxylic acids is 1. The van der Waals surface area contributed by atoms with Crippen LogP contribution in [0.15, 0.2) is 24.3 Å². The van der Waals surface area contributed by atoms with Gasteiger partial charge in [0.1, 0.15) is 0 Å². The minimum atomic E-state index is -0.469. The number of carbonyl (C=O) groups is 1. The Hall–Kier alpha value is -2.63. The Bertz CT molecular complexity index is 735. The van der Waals surface area contributed by atoms with Crippen molar-refractivity contribution in [3.63, 3.8) is 0 Å². The number of amides is 1. The third-order valence-electron chi connectivity index (χ3n) is 3.36. The second-order valence-electron chi connectivity index (χ2n) is 4.89. The standard InChI is InChI=1S/C16H18FN3O2/c1-10-16(11(2)20(3)19-10)18-15(21)8-6-12-5-7-14(22-4)13(17)9-12/h5-9H,1-4H3,(H,18,21). The van der Waals surface area contributed by atoms with Gasteiger partial charge in [-0.05, 0) is 37.6 Å². The molecule has 0 saturated carbocycles. The van der Waals surface area contributed by atoms with E-state index in [1.54, 1.807) is 16.8 Å². The number of hydrogen-bond acceptors (Lipinski definition) is 3. The van der Waals surface area contributed by atoms with Crippen LogP contribution in [0, 0.1) is 19.7 Å². The van der Waals surface area contributed by atoms with Crippen LogP contribution in [0.25, 0.3) is 6.08 Å². The molecule has 0 spiro atoms. The van der Waals surface area contributed by atoms with Gasteiger partial charge in [0.05, 0.1) is 24.2 Å². The Morgan fingerprint density at radius 1 is 1.41 bits per heavy atom. The first-order chi connectivity index (χ1) is 10.4. The average Bonchev–Trinajstić information content (AvgIpc) is 2.72. The summed E-state index contributed by atoms with van der Waals surface area (Å²) in [4.78, 5) is 12.0. The molecular weight excluding hydrogens is 285 g/mol. The molecule has 0 unspecified atom stereocenters. The summed E-state index contributed by atoms with van der Waals surface area (Å²) in [5.41, 5.74) is 2.89. The summed E-state index contributed by atoms with van der Waals surface area (Å²) in [6.45, 7) is 3.70. The summed E-state index contributed by atoms with van der Waals surface area (Å²) < 4.78 is 20.1. The maximum Gasteiger partial charge on any atom is 0.248 e. The van der Waals surface area contributed by atoms with Crippen LogP contribution < -0.4 is 10.1 Å². The van der Waals surface area contributed by atoms with Crippen molar-refractivity contribution in [1.82, 2.24) is 9.78 Å². The number of aromatic nitrogens is 2. The van der Waals surface area contributed by atoms with E-state index >= 15 is 0 Å². The molecule has 6 heteroatoms. The number of anilines is 1. The highest BCUT2D eigenvalue weighted by molar-refractivity contribution is 6.02. The van der Waals surface area contributed by atoms with E-state index in [0.29, 0.717) is 11.3 Å². The van der Waals surface area contributed by atoms with Gasteiger partial charge in [-0.3, -0.25) is 9.48 Å². The number of benzene rings is 1. The summed E-state index contributed by atoms with van der Waals surface area (Å²) in [6.07, 6.45) is 2.89. The van der Waals surface area contributed by atoms with Crippen molar-refractivity contribution >= 4 is 17.7 Å². The minimum absolute atomic E-state index is 0.170. The van der Waals surface area contributed by atoms with Crippen molar-refractivity contribution in [2.75, 3.05) is 12.4 Å². The average molecular weight is 303 g/mol. The lowest BCUT2D eigenvalue weighted by molar-refractivity contribution is -0.111. The molecule has 0 radical (unpaired) electrons. The lowest BCUT2D eigenvalue weighted by Gasteiger charge is -2.03. The number of hydrogen-bond donors (Lipinski definition) is 1. The minimum Gasteiger partial charge on any atom is -0.494 e. The van der Waals surface area contributed by atoms with Crippen molar-refractivity contribution in [3.8, 4) is 5.75 Å². The molecule has 2 aromatic rings. The largest absolute Gasteiger partial charge is 0.494 e. The summed E-state index contributed by atoms with van der Waals surface area (Å²) in [5, 5.41) is 7.01. The van der Waals surface area contributed by atoms with Crippen LogP contribution in [0.4, 0.5) is 10.1 Å². The Kier molecular flexibility index (Phi) is 4.60. The van der Waals surface area contributed by atoms with Crippen LogP contribution in [-0.4, -0.2) is 22.8 Å². The molecule has 5 nitrogen and oxygen atoms in total. The molecule has 1 heterocycles. The monoisotopic (exact) mass is 303 g/mol. The molecule has 1 N–H and O–H groups in total. The SMILES string of the molecule is COc1ccc(C=CC(=O)Nc2c(C)nn(C)c2C)cc1F. The fourth-order valence-electron chi connectivity index (χ4n) is 2.08. The van der Waals surface area contributed by atoms with Gasteiger partial charge in [-0.25, -0.2) is 4.39 Å². The van der Waals surface area contributed by atoms with E-state index in [2.05, 4.69) is 10.4 Å². The topological polar surface area (TPSA) is 56.1 Å². The molecule has 116 valence electrons. The van der Waals surface area contributed by atoms with Gasteiger partial charge >= 0.3 is 0 Å². The normalized spacial score (nSPS) is 11.0. The van der Waals surface area contributed by atoms with Gasteiger partial charge in [-0.15, -0.1) is 0 Å². The molecule has 0 aliphatic carbocycles. The molecule has 1 amide bonds. The maximum atomic E-state index is 13.6. The zero-order chi connectivity index (χ0) is 16.3. The summed E-state index contributed by atoms with van der Waals surface area (Å²) in [5.74, 6) is -0.595. The molecular formula is C16H18FN3O2. The van der Waals surface area contributed by atoms with E-state index in [-0.39, 0.29) is 11.7 Å². The summed E-state index contributed by atoms with van der Waals surface area (Å²) in [7, 11) is 3.22. The first-order valence-electron chi connectivity index (χ1n) is 6.75. The van der Waals surface area contributed by atoms with Gasteiger partial charge in [0, 0.05) is 13.1 Å². The number of rotatable bonds is 4. The third-order valence-corrected chi connectivity index (χ3v) is 3.36. The van der Waals surface area contributed by atoms with Crippen molar-refractivity contribution < 1.29 is 13.9 Å². The molecule has 1 aromatic carbocycles. The Morgan fingerprint density at radius 2 is 2.14 bits per heavy atom. The van der Waals surface area contributed by atoms with E-state index in [4.69, 9.17) is 4.74 Å². The van der Waals surface area contributed by atoms with Crippen molar-refractivity contribution in [2.24, 2.45) is 7.05 Å². The van der Waals surface area contributed by atoms with Gasteiger partial charge in [0.2, 0.25) is 5.91 Å². The molecule has 0 aliphatic heterocycles. The number of halogens is 1. The van der Waals surface area contributed by atoms with Gasteiger partial charge in [0.15, 0.2) is 11.6 Å². The van der Waals surface area contributed by atoms with E-state index in [9.17, 15) is 9.18 Å². The van der Waals surface area contributed by atoms with Gasteiger partial charge in [-0.1, -0.05) is 6.07 Å². The Balaban J connectivity index is 2.10. The molecule has 0 fully saturated rings. The quantitative estimate of drug-likeness (QED) is 0.884. The highest BCUT2D eigenvalue weighted by Crippen LogP contribution is 2.20. The number of nitrogens with one attached hydrogen (secondary N) is 1. The summed E-state index contributed by atoms with van der Waals surface area (Å²) in [6, 6.07) is 4.50. The molecule has 0 atom stereocenters. The predicted molar refractivity (Wildman–Crippen MR) is 83.3 cm³/mol. The zero-order valence-corrected chi connectivity index (χ0v) is 13.0. The number of methoxy groups -OCH3 is 1. The Morgan fingerprint density at radius 3 is 2.68 bits per heavy atom. The third kappa shape index (κ3) is 3.33. The summed E-state index contributed by atoms with van der Waals surface area (Å²) >= 11 is 0. The van der Waals surface area contributed by atoms with Crippen LogP contribution in [0.3, 0.4) is 0 Å². The van der Waals surface area contributed by atoms with E-state index in [0.717, 1.165) is 11.4 Å². The van der Waals surface area contributed by atoms with E-state index in [1.807, 2.05) is 20.9 Å². The zero-order valence-electron chi connectivity index (χ0n) is 13.0. The van der Waals surface area contributed by atoms with Crippen LogP contribution in [0.5, 0.6) is 5.75 Å². The van der Waals surface area contributed by atoms with Crippen LogP contribution >= 0.6 is 0 Å². The number of ether oxygens (including phenoxy) is 1. The molecule has 22 heavy (non-hydrogen) atoms. The van der Waals surface area contributed by atoms with Crippen LogP contribution in [-0.2, 0) is 11.8 Å². The maximum absolute atomic E-state index is 13.6. The second kappa shape index (κ2) is 6.43. The van der Waals surface area contributed by atoms with Crippen molar-refractivity contribution in [2.45, 2.75) is 13.8 Å². The lowest BCUT2D eigenvalue weighted by Crippen LogP contribution is -2.09. The highest BCUT2D eigenvalue weighted by atomic mass is 19.1. The van der Waals surface area contributed by atoms with Crippen molar-refractivity contribution in [1.29, 1.82) is 0 Å². The predicted octanol–water partition coefficient (Wildman–Crippen LogP) is 2.84. The fourth-order valence-corrected chi connectivity index (χ4v) is 2.08. The number of nitrogens with zero attached hydrogens (tertiary/aromatic N) is 2. The molecule has 0 aliphatic rings. The van der Waals surface area contributed by atoms with Crippen LogP contribution in [0.2, 0.25) is 0 Å². The Labute approximate surface area is 128 Å². The van der Waals surface area contributed by atoms with Crippen LogP contribution in [0.1, 0.15) is 17.0 Å². The molecule has 2 rings (SSSR count). The highest BCUT2D eigenvalue weighted by Gasteiger charge is 2.10. The van der Waals surface area contributed by atoms with Crippen molar-refractivity contribution in [3.05, 3.63) is 47.0 Å². The van der Waals surface area contributed by atoms with Gasteiger partial charge < -0.3 is 10.1 Å². The molecule has 1 aromatic heterocycles. The fraction of sp³-hybridized carbons (Fsp3) is 0.250. The lowest BCUT2D eigenvalue weighted by atomic mass is 10.2. The molecule has 0 bridgehead atoms. The first kappa shape index (κ1) is 15.8. The van der Waals surface area contributed by atoms with Gasteiger partial charge in [-0.2, -0.15) is 5.10 Å². The smallest absolute Gasteiger partial charge is 0.248 e. The first-order valence-corrected chi connectivity index (χ1v) is 6.75. The second-order valence-corrected chi connectivity index (χ2v) is 4.89. The van der Waals surface area contributed by atoms with Gasteiger partial charge in [0.25, 0.3) is 0 Å². The number of aryl methyl sites for hydroxylation is 2. The van der Waals surface area contributed by atoms with E-state index < -0.39 is 5.82 Å². The van der Waals surface area contributed by atoms with E-state index in [1.165, 1.54) is 25.3 Å².